The van der Waals surface area contributed by atoms with Crippen LogP contribution in [0.3, 0.4) is 0 Å². The number of likely N-dealkylation sites (tertiary alicyclic amines) is 1. The van der Waals surface area contributed by atoms with Crippen molar-refractivity contribution in [1.82, 2.24) is 15.5 Å². The van der Waals surface area contributed by atoms with Gasteiger partial charge in [0.15, 0.2) is 0 Å². The van der Waals surface area contributed by atoms with Crippen molar-refractivity contribution in [1.29, 1.82) is 0 Å². The Morgan fingerprint density at radius 3 is 2.64 bits per heavy atom. The lowest BCUT2D eigenvalue weighted by molar-refractivity contribution is -0.122. The number of carbonyl (C=O) groups excluding carboxylic acids is 2. The number of nitrogens with two attached hydrogens (primary N) is 1. The maximum atomic E-state index is 11.9. The molecule has 1 aliphatic rings. The van der Waals surface area contributed by atoms with Crippen molar-refractivity contribution in [3.8, 4) is 0 Å². The number of hydrogen-bond donors (Lipinski definition) is 3. The molecule has 1 fully saturated rings. The van der Waals surface area contributed by atoms with Gasteiger partial charge in [-0.05, 0) is 18.8 Å². The normalized spacial score (nSPS) is 22.0. The number of ether oxygens (including phenoxy) is 1. The van der Waals surface area contributed by atoms with Crippen LogP contribution in [0.4, 0.5) is 4.79 Å². The molecule has 130 valence electrons. The molecule has 8 heteroatoms. The van der Waals surface area contributed by atoms with Gasteiger partial charge in [0, 0.05) is 32.8 Å². The monoisotopic (exact) mass is 336 g/mol. The lowest BCUT2D eigenvalue weighted by Crippen LogP contribution is -2.53. The molecule has 0 aromatic heterocycles. The highest BCUT2D eigenvalue weighted by Crippen LogP contribution is 2.18. The molecule has 0 aromatic rings. The number of urea groups is 1. The highest BCUT2D eigenvalue weighted by Gasteiger charge is 2.28. The molecule has 2 atom stereocenters. The predicted octanol–water partition coefficient (Wildman–Crippen LogP) is 0.328. The van der Waals surface area contributed by atoms with Crippen molar-refractivity contribution in [2.75, 3.05) is 33.3 Å². The summed E-state index contributed by atoms with van der Waals surface area (Å²) < 4.78 is 5.35. The minimum absolute atomic E-state index is 0. The van der Waals surface area contributed by atoms with Crippen molar-refractivity contribution >= 4 is 24.3 Å². The predicted molar refractivity (Wildman–Crippen MR) is 88.1 cm³/mol. The fourth-order valence-electron chi connectivity index (χ4n) is 2.42. The first-order valence-corrected chi connectivity index (χ1v) is 7.50. The lowest BCUT2D eigenvalue weighted by atomic mass is 9.99. The standard InChI is InChI=1S/C14H28N4O3.ClH/c1-10(2)8-16-14(20)17-13(19)9-18-5-4-12(21-3)6-11(18)7-15;/h10-12H,4-9,15H2,1-3H3,(H2,16,17,19,20);1H. The Bertz CT molecular complexity index is 355. The summed E-state index contributed by atoms with van der Waals surface area (Å²) in [6.45, 7) is 5.95. The molecular weight excluding hydrogens is 308 g/mol. The molecule has 1 rings (SSSR count). The summed E-state index contributed by atoms with van der Waals surface area (Å²) in [7, 11) is 1.69. The van der Waals surface area contributed by atoms with Gasteiger partial charge in [-0.1, -0.05) is 13.8 Å². The Morgan fingerprint density at radius 1 is 1.41 bits per heavy atom. The molecule has 4 N–H and O–H groups in total. The van der Waals surface area contributed by atoms with E-state index in [2.05, 4.69) is 10.6 Å². The Kier molecular flexibility index (Phi) is 10.3. The van der Waals surface area contributed by atoms with Gasteiger partial charge in [0.05, 0.1) is 12.6 Å². The Morgan fingerprint density at radius 2 is 2.09 bits per heavy atom. The largest absolute Gasteiger partial charge is 0.381 e. The van der Waals surface area contributed by atoms with E-state index in [0.29, 0.717) is 19.0 Å². The SMILES string of the molecule is COC1CCN(CC(=O)NC(=O)NCC(C)C)C(CN)C1.Cl. The molecular formula is C14H29ClN4O3. The third-order valence-electron chi connectivity index (χ3n) is 3.67. The third-order valence-corrected chi connectivity index (χ3v) is 3.67. The maximum Gasteiger partial charge on any atom is 0.321 e. The molecule has 0 bridgehead atoms. The van der Waals surface area contributed by atoms with E-state index in [1.54, 1.807) is 7.11 Å². The van der Waals surface area contributed by atoms with Crippen molar-refractivity contribution in [2.45, 2.75) is 38.8 Å². The van der Waals surface area contributed by atoms with Gasteiger partial charge in [-0.3, -0.25) is 15.0 Å². The van der Waals surface area contributed by atoms with Crippen molar-refractivity contribution in [3.63, 3.8) is 0 Å². The number of hydrogen-bond acceptors (Lipinski definition) is 5. The van der Waals surface area contributed by atoms with Gasteiger partial charge < -0.3 is 15.8 Å². The zero-order valence-electron chi connectivity index (χ0n) is 13.6. The van der Waals surface area contributed by atoms with Gasteiger partial charge in [0.2, 0.25) is 5.91 Å². The number of amides is 3. The van der Waals surface area contributed by atoms with Gasteiger partial charge in [0.25, 0.3) is 0 Å². The van der Waals surface area contributed by atoms with Gasteiger partial charge in [-0.25, -0.2) is 4.79 Å². The molecule has 22 heavy (non-hydrogen) atoms. The first-order chi connectivity index (χ1) is 9.96. The van der Waals surface area contributed by atoms with E-state index in [1.165, 1.54) is 0 Å². The van der Waals surface area contributed by atoms with E-state index >= 15 is 0 Å². The van der Waals surface area contributed by atoms with E-state index in [0.717, 1.165) is 19.4 Å². The summed E-state index contributed by atoms with van der Waals surface area (Å²) in [5.74, 6) is 0.0473. The highest BCUT2D eigenvalue weighted by atomic mass is 35.5. The van der Waals surface area contributed by atoms with Gasteiger partial charge in [0.1, 0.15) is 0 Å². The molecule has 2 unspecified atom stereocenters. The molecule has 0 aliphatic carbocycles. The van der Waals surface area contributed by atoms with Crippen LogP contribution < -0.4 is 16.4 Å². The molecule has 3 amide bonds. The molecule has 1 saturated heterocycles. The minimum atomic E-state index is -0.440. The second-order valence-electron chi connectivity index (χ2n) is 5.89. The van der Waals surface area contributed by atoms with Crippen molar-refractivity contribution in [3.05, 3.63) is 0 Å². The smallest absolute Gasteiger partial charge is 0.321 e. The minimum Gasteiger partial charge on any atom is -0.381 e. The number of rotatable bonds is 6. The zero-order valence-corrected chi connectivity index (χ0v) is 14.4. The van der Waals surface area contributed by atoms with E-state index in [-0.39, 0.29) is 37.0 Å². The van der Waals surface area contributed by atoms with Gasteiger partial charge >= 0.3 is 6.03 Å². The zero-order chi connectivity index (χ0) is 15.8. The van der Waals surface area contributed by atoms with Crippen LogP contribution in [-0.4, -0.2) is 62.3 Å². The lowest BCUT2D eigenvalue weighted by Gasteiger charge is -2.37. The summed E-state index contributed by atoms with van der Waals surface area (Å²) in [6.07, 6.45) is 1.90. The van der Waals surface area contributed by atoms with Crippen LogP contribution in [0, 0.1) is 5.92 Å². The van der Waals surface area contributed by atoms with Crippen LogP contribution in [0.2, 0.25) is 0 Å². The maximum absolute atomic E-state index is 11.9. The van der Waals surface area contributed by atoms with Crippen LogP contribution in [0.25, 0.3) is 0 Å². The van der Waals surface area contributed by atoms with E-state index < -0.39 is 6.03 Å². The van der Waals surface area contributed by atoms with Gasteiger partial charge in [-0.15, -0.1) is 12.4 Å². The topological polar surface area (TPSA) is 96.7 Å². The van der Waals surface area contributed by atoms with E-state index in [1.807, 2.05) is 18.7 Å². The summed E-state index contributed by atoms with van der Waals surface area (Å²) in [5.41, 5.74) is 5.76. The van der Waals surface area contributed by atoms with Crippen LogP contribution in [0.15, 0.2) is 0 Å². The first-order valence-electron chi connectivity index (χ1n) is 7.50. The molecule has 7 nitrogen and oxygen atoms in total. The highest BCUT2D eigenvalue weighted by molar-refractivity contribution is 5.95. The number of carbonyl (C=O) groups is 2. The summed E-state index contributed by atoms with van der Waals surface area (Å²) in [5, 5.41) is 5.01. The van der Waals surface area contributed by atoms with E-state index in [9.17, 15) is 9.59 Å². The average molecular weight is 337 g/mol. The molecule has 0 radical (unpaired) electrons. The molecule has 0 spiro atoms. The van der Waals surface area contributed by atoms with Crippen LogP contribution >= 0.6 is 12.4 Å². The van der Waals surface area contributed by atoms with Crippen LogP contribution in [0.5, 0.6) is 0 Å². The first kappa shape index (κ1) is 21.1. The van der Waals surface area contributed by atoms with Crippen LogP contribution in [-0.2, 0) is 9.53 Å². The summed E-state index contributed by atoms with van der Waals surface area (Å²) in [4.78, 5) is 25.5. The third kappa shape index (κ3) is 7.40. The Labute approximate surface area is 138 Å². The summed E-state index contributed by atoms with van der Waals surface area (Å²) >= 11 is 0. The molecule has 1 aliphatic heterocycles. The molecule has 0 saturated carbocycles. The Balaban J connectivity index is 0.00000441. The molecule has 0 aromatic carbocycles. The fourth-order valence-corrected chi connectivity index (χ4v) is 2.42. The number of methoxy groups -OCH3 is 1. The van der Waals surface area contributed by atoms with E-state index in [4.69, 9.17) is 10.5 Å². The Hall–Kier alpha value is -0.890. The average Bonchev–Trinajstić information content (AvgIpc) is 2.45. The number of nitrogens with zero attached hydrogens (tertiary/aromatic N) is 1. The molecule has 1 heterocycles. The van der Waals surface area contributed by atoms with Crippen LogP contribution in [0.1, 0.15) is 26.7 Å². The number of nitrogens with one attached hydrogen (secondary N) is 2. The van der Waals surface area contributed by atoms with Crippen molar-refractivity contribution < 1.29 is 14.3 Å². The number of halogens is 1. The summed E-state index contributed by atoms with van der Waals surface area (Å²) in [6, 6.07) is -0.321. The fraction of sp³-hybridized carbons (Fsp3) is 0.857. The van der Waals surface area contributed by atoms with Crippen molar-refractivity contribution in [2.24, 2.45) is 11.7 Å². The second kappa shape index (κ2) is 10.8. The van der Waals surface area contributed by atoms with Gasteiger partial charge in [-0.2, -0.15) is 0 Å². The number of imide groups is 1. The number of piperidine rings is 1. The second-order valence-corrected chi connectivity index (χ2v) is 5.89. The quantitative estimate of drug-likeness (QED) is 0.649.